The number of carbonyl (C=O) groups excluding carboxylic acids is 2. The quantitative estimate of drug-likeness (QED) is 0.774. The average molecular weight is 235 g/mol. The molecule has 1 aliphatic heterocycles. The normalized spacial score (nSPS) is 24.9. The van der Waals surface area contributed by atoms with Gasteiger partial charge in [-0.15, -0.1) is 0 Å². The summed E-state index contributed by atoms with van der Waals surface area (Å²) < 4.78 is 1.73. The Labute approximate surface area is 100 Å². The monoisotopic (exact) mass is 235 g/mol. The summed E-state index contributed by atoms with van der Waals surface area (Å²) in [7, 11) is 1.85. The third kappa shape index (κ3) is 2.09. The van der Waals surface area contributed by atoms with E-state index < -0.39 is 0 Å². The first-order chi connectivity index (χ1) is 8.02. The Morgan fingerprint density at radius 1 is 1.53 bits per heavy atom. The standard InChI is InChI=1S/C12H17N3O2/c1-4-8-9(5-11(16)13-12(8)17)10-6-15(3)14-7(10)2/h6,8-9H,4-5H2,1-3H3,(H,13,16,17). The fourth-order valence-electron chi connectivity index (χ4n) is 2.58. The van der Waals surface area contributed by atoms with Crippen molar-refractivity contribution in [3.05, 3.63) is 17.5 Å². The number of nitrogens with one attached hydrogen (secondary N) is 1. The van der Waals surface area contributed by atoms with Gasteiger partial charge in [-0.3, -0.25) is 19.6 Å². The molecule has 2 heterocycles. The summed E-state index contributed by atoms with van der Waals surface area (Å²) in [5, 5.41) is 6.68. The van der Waals surface area contributed by atoms with Crippen LogP contribution in [0.1, 0.15) is 36.9 Å². The van der Waals surface area contributed by atoms with E-state index in [9.17, 15) is 9.59 Å². The molecule has 1 aromatic rings. The molecule has 1 saturated heterocycles. The van der Waals surface area contributed by atoms with Crippen molar-refractivity contribution in [1.82, 2.24) is 15.1 Å². The number of hydrogen-bond donors (Lipinski definition) is 1. The van der Waals surface area contributed by atoms with E-state index in [1.807, 2.05) is 27.1 Å². The molecule has 1 fully saturated rings. The molecule has 0 spiro atoms. The fourth-order valence-corrected chi connectivity index (χ4v) is 2.58. The molecule has 2 amide bonds. The molecule has 1 aliphatic rings. The summed E-state index contributed by atoms with van der Waals surface area (Å²) in [5.74, 6) is -0.504. The van der Waals surface area contributed by atoms with E-state index in [1.54, 1.807) is 4.68 Å². The van der Waals surface area contributed by atoms with Crippen LogP contribution in [0.4, 0.5) is 0 Å². The number of rotatable bonds is 2. The summed E-state index contributed by atoms with van der Waals surface area (Å²) in [6, 6.07) is 0. The predicted octanol–water partition coefficient (Wildman–Crippen LogP) is 0.885. The largest absolute Gasteiger partial charge is 0.296 e. The van der Waals surface area contributed by atoms with Crippen LogP contribution in [0, 0.1) is 12.8 Å². The van der Waals surface area contributed by atoms with Gasteiger partial charge in [0.1, 0.15) is 0 Å². The number of amides is 2. The Bertz CT molecular complexity index is 464. The van der Waals surface area contributed by atoms with Crippen LogP contribution in [0.3, 0.4) is 0 Å². The molecule has 2 unspecified atom stereocenters. The highest BCUT2D eigenvalue weighted by Crippen LogP contribution is 2.34. The van der Waals surface area contributed by atoms with Gasteiger partial charge in [0.15, 0.2) is 0 Å². The first-order valence-corrected chi connectivity index (χ1v) is 5.86. The molecule has 0 aliphatic carbocycles. The molecular weight excluding hydrogens is 218 g/mol. The van der Waals surface area contributed by atoms with Crippen LogP contribution in [-0.2, 0) is 16.6 Å². The van der Waals surface area contributed by atoms with Gasteiger partial charge in [0.25, 0.3) is 0 Å². The topological polar surface area (TPSA) is 64.0 Å². The van der Waals surface area contributed by atoms with Crippen LogP contribution in [0.2, 0.25) is 0 Å². The zero-order chi connectivity index (χ0) is 12.6. The van der Waals surface area contributed by atoms with Crippen LogP contribution in [-0.4, -0.2) is 21.6 Å². The van der Waals surface area contributed by atoms with Crippen molar-refractivity contribution in [2.45, 2.75) is 32.6 Å². The zero-order valence-corrected chi connectivity index (χ0v) is 10.4. The summed E-state index contributed by atoms with van der Waals surface area (Å²) >= 11 is 0. The van der Waals surface area contributed by atoms with Crippen LogP contribution in [0.5, 0.6) is 0 Å². The average Bonchev–Trinajstić information content (AvgIpc) is 2.56. The molecule has 0 radical (unpaired) electrons. The minimum absolute atomic E-state index is 0.0325. The van der Waals surface area contributed by atoms with Crippen LogP contribution in [0.15, 0.2) is 6.20 Å². The molecular formula is C12H17N3O2. The third-order valence-corrected chi connectivity index (χ3v) is 3.38. The lowest BCUT2D eigenvalue weighted by atomic mass is 9.79. The highest BCUT2D eigenvalue weighted by Gasteiger charge is 2.36. The summed E-state index contributed by atoms with van der Waals surface area (Å²) in [4.78, 5) is 23.3. The number of nitrogens with zero attached hydrogens (tertiary/aromatic N) is 2. The maximum atomic E-state index is 11.8. The van der Waals surface area contributed by atoms with E-state index in [2.05, 4.69) is 10.4 Å². The molecule has 92 valence electrons. The predicted molar refractivity (Wildman–Crippen MR) is 62.2 cm³/mol. The van der Waals surface area contributed by atoms with E-state index in [1.165, 1.54) is 0 Å². The van der Waals surface area contributed by atoms with Crippen molar-refractivity contribution >= 4 is 11.8 Å². The van der Waals surface area contributed by atoms with Gasteiger partial charge >= 0.3 is 0 Å². The van der Waals surface area contributed by atoms with E-state index in [-0.39, 0.29) is 23.7 Å². The van der Waals surface area contributed by atoms with E-state index >= 15 is 0 Å². The lowest BCUT2D eigenvalue weighted by molar-refractivity contribution is -0.137. The molecule has 5 heteroatoms. The lowest BCUT2D eigenvalue weighted by Gasteiger charge is -2.29. The molecule has 1 N–H and O–H groups in total. The number of piperidine rings is 1. The van der Waals surface area contributed by atoms with E-state index in [0.717, 1.165) is 17.7 Å². The molecule has 0 aromatic carbocycles. The number of aryl methyl sites for hydroxylation is 2. The van der Waals surface area contributed by atoms with Gasteiger partial charge < -0.3 is 0 Å². The lowest BCUT2D eigenvalue weighted by Crippen LogP contribution is -2.44. The number of carbonyl (C=O) groups is 2. The molecule has 0 saturated carbocycles. The second-order valence-electron chi connectivity index (χ2n) is 4.58. The first kappa shape index (κ1) is 11.8. The molecule has 17 heavy (non-hydrogen) atoms. The van der Waals surface area contributed by atoms with Gasteiger partial charge in [-0.05, 0) is 18.9 Å². The zero-order valence-electron chi connectivity index (χ0n) is 10.4. The maximum Gasteiger partial charge on any atom is 0.230 e. The molecule has 5 nitrogen and oxygen atoms in total. The smallest absolute Gasteiger partial charge is 0.230 e. The molecule has 2 rings (SSSR count). The Kier molecular flexibility index (Phi) is 3.00. The van der Waals surface area contributed by atoms with Crippen molar-refractivity contribution in [3.8, 4) is 0 Å². The highest BCUT2D eigenvalue weighted by molar-refractivity contribution is 5.99. The molecule has 0 bridgehead atoms. The van der Waals surface area contributed by atoms with E-state index in [0.29, 0.717) is 6.42 Å². The SMILES string of the molecule is CCC1C(=O)NC(=O)CC1c1cn(C)nc1C. The van der Waals surface area contributed by atoms with Crippen molar-refractivity contribution in [2.75, 3.05) is 0 Å². The van der Waals surface area contributed by atoms with Crippen LogP contribution < -0.4 is 5.32 Å². The third-order valence-electron chi connectivity index (χ3n) is 3.38. The van der Waals surface area contributed by atoms with Crippen molar-refractivity contribution < 1.29 is 9.59 Å². The van der Waals surface area contributed by atoms with Crippen molar-refractivity contribution in [1.29, 1.82) is 0 Å². The van der Waals surface area contributed by atoms with Gasteiger partial charge in [0.2, 0.25) is 11.8 Å². The van der Waals surface area contributed by atoms with Crippen molar-refractivity contribution in [3.63, 3.8) is 0 Å². The Hall–Kier alpha value is -1.65. The van der Waals surface area contributed by atoms with Gasteiger partial charge in [0, 0.05) is 31.5 Å². The Morgan fingerprint density at radius 3 is 2.76 bits per heavy atom. The Balaban J connectivity index is 2.37. The second-order valence-corrected chi connectivity index (χ2v) is 4.58. The Morgan fingerprint density at radius 2 is 2.24 bits per heavy atom. The molecule has 1 aromatic heterocycles. The number of imide groups is 1. The van der Waals surface area contributed by atoms with Gasteiger partial charge in [-0.25, -0.2) is 0 Å². The van der Waals surface area contributed by atoms with Gasteiger partial charge in [-0.2, -0.15) is 5.10 Å². The molecule has 2 atom stereocenters. The van der Waals surface area contributed by atoms with Crippen molar-refractivity contribution in [2.24, 2.45) is 13.0 Å². The summed E-state index contributed by atoms with van der Waals surface area (Å²) in [5.41, 5.74) is 1.92. The first-order valence-electron chi connectivity index (χ1n) is 5.86. The minimum atomic E-state index is -0.187. The number of aromatic nitrogens is 2. The summed E-state index contributed by atoms with van der Waals surface area (Å²) in [6.45, 7) is 3.89. The van der Waals surface area contributed by atoms with Gasteiger partial charge in [-0.1, -0.05) is 6.92 Å². The maximum absolute atomic E-state index is 11.8. The second kappa shape index (κ2) is 4.31. The van der Waals surface area contributed by atoms with E-state index in [4.69, 9.17) is 0 Å². The van der Waals surface area contributed by atoms with Crippen LogP contribution in [0.25, 0.3) is 0 Å². The summed E-state index contributed by atoms with van der Waals surface area (Å²) in [6.07, 6.45) is 3.02. The number of hydrogen-bond acceptors (Lipinski definition) is 3. The highest BCUT2D eigenvalue weighted by atomic mass is 16.2. The minimum Gasteiger partial charge on any atom is -0.296 e. The van der Waals surface area contributed by atoms with Crippen LogP contribution >= 0.6 is 0 Å². The van der Waals surface area contributed by atoms with Gasteiger partial charge in [0.05, 0.1) is 5.69 Å². The fraction of sp³-hybridized carbons (Fsp3) is 0.583.